The topological polar surface area (TPSA) is 189 Å². The van der Waals surface area contributed by atoms with E-state index in [0.717, 1.165) is 6.42 Å². The van der Waals surface area contributed by atoms with Gasteiger partial charge in [-0.2, -0.15) is 0 Å². The molecule has 6 N–H and O–H groups in total. The highest BCUT2D eigenvalue weighted by Gasteiger charge is 2.53. The largest absolute Gasteiger partial charge is 0.459 e. The third-order valence-electron chi connectivity index (χ3n) is 12.7. The van der Waals surface area contributed by atoms with E-state index >= 15 is 0 Å². The summed E-state index contributed by atoms with van der Waals surface area (Å²) in [5.74, 6) is -3.25. The zero-order valence-electron chi connectivity index (χ0n) is 35.5. The summed E-state index contributed by atoms with van der Waals surface area (Å²) in [7, 11) is 5.28. The van der Waals surface area contributed by atoms with Crippen LogP contribution in [-0.2, 0) is 33.2 Å². The predicted octanol–water partition coefficient (Wildman–Crippen LogP) is 2.58. The number of aliphatic hydroxyl groups excluding tert-OH is 3. The lowest BCUT2D eigenvalue weighted by Gasteiger charge is -2.49. The number of esters is 1. The standard InChI is InChI=1S/C40H76N2O12/c1-15-17-41-30-21(3)19-38(9,47)35(54-37-31(43)27(42(12)13)18-22(4)50-37)24(6)32(53-29-20-39(10,49-14)34(45)26(8)51-29)25(7)36(46)52-28(16-2)40(11,48)33(44)23(30)5/h21-35,37,41,43-45,47-48H,15-20H2,1-14H3/t21-,22?,23+,24?,25-,26+,27+,28-,29+,30?,31?,32+,33-,34+,35-,37+,38-,39-,40-/m1/s1. The van der Waals surface area contributed by atoms with Crippen LogP contribution in [-0.4, -0.2) is 154 Å². The fourth-order valence-corrected chi connectivity index (χ4v) is 9.30. The van der Waals surface area contributed by atoms with Crippen LogP contribution in [0.5, 0.6) is 0 Å². The van der Waals surface area contributed by atoms with Crippen molar-refractivity contribution < 1.29 is 58.7 Å². The predicted molar refractivity (Wildman–Crippen MR) is 203 cm³/mol. The maximum absolute atomic E-state index is 14.3. The van der Waals surface area contributed by atoms with Crippen LogP contribution in [0.4, 0.5) is 0 Å². The second-order valence-corrected chi connectivity index (χ2v) is 17.7. The number of carbonyl (C=O) groups excluding carboxylic acids is 1. The van der Waals surface area contributed by atoms with E-state index in [4.69, 9.17) is 28.4 Å². The zero-order chi connectivity index (χ0) is 41.1. The lowest BCUT2D eigenvalue weighted by atomic mass is 9.72. The van der Waals surface area contributed by atoms with Gasteiger partial charge in [-0.25, -0.2) is 0 Å². The van der Waals surface area contributed by atoms with Crippen LogP contribution in [0.2, 0.25) is 0 Å². The summed E-state index contributed by atoms with van der Waals surface area (Å²) in [4.78, 5) is 16.2. The van der Waals surface area contributed by atoms with Crippen molar-refractivity contribution in [3.63, 3.8) is 0 Å². The van der Waals surface area contributed by atoms with Crippen LogP contribution in [0.3, 0.4) is 0 Å². The van der Waals surface area contributed by atoms with Crippen molar-refractivity contribution in [1.82, 2.24) is 10.2 Å². The molecular weight excluding hydrogens is 700 g/mol. The van der Waals surface area contributed by atoms with E-state index in [-0.39, 0.29) is 43.4 Å². The highest BCUT2D eigenvalue weighted by atomic mass is 16.7. The molecule has 14 nitrogen and oxygen atoms in total. The van der Waals surface area contributed by atoms with Crippen molar-refractivity contribution in [2.24, 2.45) is 23.7 Å². The Morgan fingerprint density at radius 1 is 0.907 bits per heavy atom. The average molecular weight is 777 g/mol. The molecule has 0 amide bonds. The molecule has 19 atom stereocenters. The molecule has 3 heterocycles. The molecule has 3 fully saturated rings. The molecule has 0 aromatic rings. The lowest BCUT2D eigenvalue weighted by Crippen LogP contribution is -2.62. The van der Waals surface area contributed by atoms with Gasteiger partial charge in [0.05, 0.1) is 47.6 Å². The van der Waals surface area contributed by atoms with E-state index in [1.165, 1.54) is 14.0 Å². The molecule has 4 unspecified atom stereocenters. The third-order valence-corrected chi connectivity index (χ3v) is 12.7. The molecule has 3 rings (SSSR count). The Hall–Kier alpha value is -1.01. The van der Waals surface area contributed by atoms with E-state index in [9.17, 15) is 30.3 Å². The zero-order valence-corrected chi connectivity index (χ0v) is 35.5. The van der Waals surface area contributed by atoms with E-state index in [2.05, 4.69) is 5.32 Å². The molecule has 3 aliphatic rings. The molecule has 0 aliphatic carbocycles. The Labute approximate surface area is 324 Å². The molecule has 0 radical (unpaired) electrons. The smallest absolute Gasteiger partial charge is 0.311 e. The summed E-state index contributed by atoms with van der Waals surface area (Å²) in [5.41, 5.74) is -4.46. The van der Waals surface area contributed by atoms with Gasteiger partial charge in [0.1, 0.15) is 23.9 Å². The molecule has 0 bridgehead atoms. The monoisotopic (exact) mass is 777 g/mol. The molecule has 0 aromatic heterocycles. The number of methoxy groups -OCH3 is 1. The highest BCUT2D eigenvalue weighted by molar-refractivity contribution is 5.73. The minimum absolute atomic E-state index is 0.132. The second-order valence-electron chi connectivity index (χ2n) is 17.7. The van der Waals surface area contributed by atoms with Gasteiger partial charge in [-0.05, 0) is 93.8 Å². The van der Waals surface area contributed by atoms with Gasteiger partial charge < -0.3 is 64.2 Å². The number of ether oxygens (including phenoxy) is 6. The van der Waals surface area contributed by atoms with E-state index in [0.29, 0.717) is 13.0 Å². The first-order valence-corrected chi connectivity index (χ1v) is 20.2. The molecule has 14 heteroatoms. The lowest BCUT2D eigenvalue weighted by molar-refractivity contribution is -0.318. The van der Waals surface area contributed by atoms with Crippen molar-refractivity contribution in [3.8, 4) is 0 Å². The molecule has 0 spiro atoms. The van der Waals surface area contributed by atoms with Crippen molar-refractivity contribution in [1.29, 1.82) is 0 Å². The van der Waals surface area contributed by atoms with Crippen LogP contribution in [0.1, 0.15) is 108 Å². The fraction of sp³-hybridized carbons (Fsp3) is 0.975. The summed E-state index contributed by atoms with van der Waals surface area (Å²) < 4.78 is 37.7. The Bertz CT molecular complexity index is 1180. The van der Waals surface area contributed by atoms with Gasteiger partial charge in [0.25, 0.3) is 0 Å². The van der Waals surface area contributed by atoms with Crippen LogP contribution in [0.25, 0.3) is 0 Å². The number of hydrogen-bond acceptors (Lipinski definition) is 14. The first-order chi connectivity index (χ1) is 25.0. The molecule has 0 saturated carbocycles. The summed E-state index contributed by atoms with van der Waals surface area (Å²) >= 11 is 0. The number of nitrogens with zero attached hydrogens (tertiary/aromatic N) is 1. The summed E-state index contributed by atoms with van der Waals surface area (Å²) in [6.45, 7) is 20.4. The van der Waals surface area contributed by atoms with Crippen LogP contribution >= 0.6 is 0 Å². The number of nitrogens with one attached hydrogen (secondary N) is 1. The Kier molecular flexibility index (Phi) is 16.8. The number of cyclic esters (lactones) is 1. The van der Waals surface area contributed by atoms with Gasteiger partial charge in [-0.15, -0.1) is 0 Å². The number of aliphatic hydroxyl groups is 5. The van der Waals surface area contributed by atoms with Crippen molar-refractivity contribution in [3.05, 3.63) is 0 Å². The molecule has 54 heavy (non-hydrogen) atoms. The number of rotatable bonds is 10. The van der Waals surface area contributed by atoms with Gasteiger partial charge >= 0.3 is 5.97 Å². The first-order valence-electron chi connectivity index (χ1n) is 20.2. The highest BCUT2D eigenvalue weighted by Crippen LogP contribution is 2.41. The molecular formula is C40H76N2O12. The van der Waals surface area contributed by atoms with Gasteiger partial charge in [0.2, 0.25) is 0 Å². The number of likely N-dealkylation sites (N-methyl/N-ethyl adjacent to an activating group) is 1. The summed E-state index contributed by atoms with van der Waals surface area (Å²) in [6, 6.07) is -0.655. The molecule has 3 saturated heterocycles. The average Bonchev–Trinajstić information content (AvgIpc) is 3.09. The number of hydrogen-bond donors (Lipinski definition) is 6. The molecule has 3 aliphatic heterocycles. The third kappa shape index (κ3) is 10.5. The second kappa shape index (κ2) is 19.2. The Balaban J connectivity index is 2.22. The molecule has 0 aromatic carbocycles. The fourth-order valence-electron chi connectivity index (χ4n) is 9.30. The normalized spacial score (nSPS) is 49.0. The van der Waals surface area contributed by atoms with Crippen molar-refractivity contribution >= 4 is 5.97 Å². The van der Waals surface area contributed by atoms with Crippen molar-refractivity contribution in [2.75, 3.05) is 27.7 Å². The van der Waals surface area contributed by atoms with E-state index in [1.54, 1.807) is 34.6 Å². The Morgan fingerprint density at radius 2 is 1.54 bits per heavy atom. The minimum atomic E-state index is -1.82. The van der Waals surface area contributed by atoms with Crippen LogP contribution in [0, 0.1) is 23.7 Å². The van der Waals surface area contributed by atoms with Crippen LogP contribution in [0.15, 0.2) is 0 Å². The maximum Gasteiger partial charge on any atom is 0.311 e. The van der Waals surface area contributed by atoms with Gasteiger partial charge in [0.15, 0.2) is 12.6 Å². The van der Waals surface area contributed by atoms with Gasteiger partial charge in [0, 0.05) is 37.5 Å². The van der Waals surface area contributed by atoms with Gasteiger partial charge in [-0.1, -0.05) is 34.6 Å². The summed E-state index contributed by atoms with van der Waals surface area (Å²) in [5, 5.41) is 62.6. The van der Waals surface area contributed by atoms with Crippen LogP contribution < -0.4 is 5.32 Å². The van der Waals surface area contributed by atoms with E-state index < -0.39 is 95.8 Å². The quantitative estimate of drug-likeness (QED) is 0.178. The minimum Gasteiger partial charge on any atom is -0.459 e. The SMILES string of the molecule is CCCNC1[C@H](C)C[C@@](C)(O)[C@H](O[C@@H]2OC(C)C[C@H](N(C)C)C2O)C(C)[C@H](O[C@H]2C[C@@](C)(OC)[C@@H](O)[C@H](C)O2)[C@@H](C)C(=O)O[C@H](CC)[C@@](C)(O)[C@H](O)[C@H]1C. The number of carbonyl (C=O) groups is 1. The first kappa shape index (κ1) is 47.4. The summed E-state index contributed by atoms with van der Waals surface area (Å²) in [6.07, 6.45) is -7.54. The van der Waals surface area contributed by atoms with Gasteiger partial charge in [-0.3, -0.25) is 4.79 Å². The van der Waals surface area contributed by atoms with Crippen molar-refractivity contribution in [2.45, 2.75) is 199 Å². The molecule has 318 valence electrons. The van der Waals surface area contributed by atoms with E-state index in [1.807, 2.05) is 53.6 Å². The maximum atomic E-state index is 14.3. The Morgan fingerprint density at radius 3 is 2.09 bits per heavy atom.